The minimum absolute atomic E-state index is 0.158. The van der Waals surface area contributed by atoms with E-state index in [1.807, 2.05) is 75.4 Å². The van der Waals surface area contributed by atoms with Crippen molar-refractivity contribution in [2.24, 2.45) is 0 Å². The molecule has 4 rings (SSSR count). The highest BCUT2D eigenvalue weighted by Gasteiger charge is 2.37. The van der Waals surface area contributed by atoms with Crippen molar-refractivity contribution in [1.29, 1.82) is 0 Å². The van der Waals surface area contributed by atoms with Gasteiger partial charge in [0.25, 0.3) is 0 Å². The predicted molar refractivity (Wildman–Crippen MR) is 152 cm³/mol. The predicted octanol–water partition coefficient (Wildman–Crippen LogP) is 5.70. The number of benzene rings is 3. The Bertz CT molecular complexity index is 1310. The Morgan fingerprint density at radius 1 is 1.00 bits per heavy atom. The summed E-state index contributed by atoms with van der Waals surface area (Å²) in [5.41, 5.74) is 2.71. The van der Waals surface area contributed by atoms with Crippen molar-refractivity contribution in [3.8, 4) is 0 Å². The van der Waals surface area contributed by atoms with Crippen molar-refractivity contribution in [3.05, 3.63) is 95.0 Å². The summed E-state index contributed by atoms with van der Waals surface area (Å²) in [5, 5.41) is 9.12. The quantitative estimate of drug-likeness (QED) is 0.364. The SMILES string of the molecule is CCC(C)(C)NC(=O)CN1C(=O)C(NC(=O)Nc2cccc(Cl)c2)CC(c2ccccc2)c2ccccc21. The molecular weight excluding hydrogens is 500 g/mol. The third-order valence-corrected chi connectivity index (χ3v) is 7.13. The first-order valence-corrected chi connectivity index (χ1v) is 13.1. The van der Waals surface area contributed by atoms with Crippen molar-refractivity contribution in [2.45, 2.75) is 51.1 Å². The summed E-state index contributed by atoms with van der Waals surface area (Å²) in [5.74, 6) is -0.783. The molecule has 1 aliphatic heterocycles. The Morgan fingerprint density at radius 2 is 1.71 bits per heavy atom. The second-order valence-electron chi connectivity index (χ2n) is 10.1. The molecule has 0 radical (unpaired) electrons. The van der Waals surface area contributed by atoms with Crippen LogP contribution < -0.4 is 20.9 Å². The van der Waals surface area contributed by atoms with E-state index < -0.39 is 17.6 Å². The van der Waals surface area contributed by atoms with Gasteiger partial charge in [0.15, 0.2) is 0 Å². The van der Waals surface area contributed by atoms with Crippen molar-refractivity contribution in [3.63, 3.8) is 0 Å². The molecular formula is C30H33ClN4O3. The first-order chi connectivity index (χ1) is 18.2. The number of amides is 4. The first kappa shape index (κ1) is 27.2. The van der Waals surface area contributed by atoms with Crippen molar-refractivity contribution >= 4 is 40.8 Å². The molecule has 0 saturated carbocycles. The summed E-state index contributed by atoms with van der Waals surface area (Å²) in [6.07, 6.45) is 1.08. The largest absolute Gasteiger partial charge is 0.350 e. The van der Waals surface area contributed by atoms with Crippen LogP contribution in [0.15, 0.2) is 78.9 Å². The molecule has 0 spiro atoms. The number of halogens is 1. The average molecular weight is 533 g/mol. The fourth-order valence-electron chi connectivity index (χ4n) is 4.62. The lowest BCUT2D eigenvalue weighted by Crippen LogP contribution is -2.53. The van der Waals surface area contributed by atoms with Crippen LogP contribution in [-0.4, -0.2) is 36.0 Å². The van der Waals surface area contributed by atoms with Gasteiger partial charge in [-0.05, 0) is 62.1 Å². The molecule has 2 unspecified atom stereocenters. The van der Waals surface area contributed by atoms with Gasteiger partial charge in [0, 0.05) is 27.9 Å². The van der Waals surface area contributed by atoms with E-state index in [0.717, 1.165) is 17.5 Å². The van der Waals surface area contributed by atoms with E-state index in [0.29, 0.717) is 22.8 Å². The topological polar surface area (TPSA) is 90.5 Å². The number of urea groups is 1. The van der Waals surface area contributed by atoms with E-state index in [1.165, 1.54) is 4.90 Å². The summed E-state index contributed by atoms with van der Waals surface area (Å²) in [7, 11) is 0. The zero-order chi connectivity index (χ0) is 27.3. The second-order valence-corrected chi connectivity index (χ2v) is 10.6. The van der Waals surface area contributed by atoms with Crippen molar-refractivity contribution in [1.82, 2.24) is 10.6 Å². The summed E-state index contributed by atoms with van der Waals surface area (Å²) in [6.45, 7) is 5.72. The van der Waals surface area contributed by atoms with Gasteiger partial charge in [-0.15, -0.1) is 0 Å². The molecule has 38 heavy (non-hydrogen) atoms. The van der Waals surface area contributed by atoms with E-state index in [2.05, 4.69) is 16.0 Å². The Morgan fingerprint density at radius 3 is 2.42 bits per heavy atom. The van der Waals surface area contributed by atoms with Crippen LogP contribution in [-0.2, 0) is 9.59 Å². The van der Waals surface area contributed by atoms with Gasteiger partial charge in [-0.25, -0.2) is 4.79 Å². The Balaban J connectivity index is 1.68. The minimum atomic E-state index is -0.876. The molecule has 7 nitrogen and oxygen atoms in total. The molecule has 3 aromatic rings. The number of carbonyl (C=O) groups excluding carboxylic acids is 3. The lowest BCUT2D eigenvalue weighted by atomic mass is 9.86. The maximum Gasteiger partial charge on any atom is 0.319 e. The zero-order valence-electron chi connectivity index (χ0n) is 21.8. The molecule has 3 N–H and O–H groups in total. The van der Waals surface area contributed by atoms with Crippen LogP contribution in [0.3, 0.4) is 0 Å². The maximum atomic E-state index is 14.0. The molecule has 0 fully saturated rings. The van der Waals surface area contributed by atoms with Gasteiger partial charge in [-0.3, -0.25) is 9.59 Å². The van der Waals surface area contributed by atoms with Crippen LogP contribution in [0.25, 0.3) is 0 Å². The first-order valence-electron chi connectivity index (χ1n) is 12.8. The molecule has 0 saturated heterocycles. The Hall–Kier alpha value is -3.84. The third kappa shape index (κ3) is 6.53. The molecule has 0 aromatic heterocycles. The summed E-state index contributed by atoms with van der Waals surface area (Å²) in [6, 6.07) is 22.9. The van der Waals surface area contributed by atoms with Crippen LogP contribution >= 0.6 is 11.6 Å². The van der Waals surface area contributed by atoms with Gasteiger partial charge in [0.2, 0.25) is 11.8 Å². The molecule has 0 bridgehead atoms. The highest BCUT2D eigenvalue weighted by atomic mass is 35.5. The second kappa shape index (κ2) is 11.7. The van der Waals surface area contributed by atoms with E-state index in [-0.39, 0.29) is 24.3 Å². The lowest BCUT2D eigenvalue weighted by molar-refractivity contribution is -0.125. The standard InChI is InChI=1S/C30H33ClN4O3/c1-4-30(2,3)34-27(36)19-35-26-16-9-8-15-23(26)24(20-11-6-5-7-12-20)18-25(28(35)37)33-29(38)32-22-14-10-13-21(31)17-22/h5-17,24-25H,4,18-19H2,1-3H3,(H,34,36)(H2,32,33,38). The number of hydrogen-bond acceptors (Lipinski definition) is 3. The molecule has 2 atom stereocenters. The number of para-hydroxylation sites is 1. The molecule has 8 heteroatoms. The van der Waals surface area contributed by atoms with E-state index in [4.69, 9.17) is 11.6 Å². The Kier molecular flexibility index (Phi) is 8.37. The molecule has 0 aliphatic carbocycles. The maximum absolute atomic E-state index is 14.0. The highest BCUT2D eigenvalue weighted by Crippen LogP contribution is 2.39. The minimum Gasteiger partial charge on any atom is -0.350 e. The van der Waals surface area contributed by atoms with Gasteiger partial charge in [0.1, 0.15) is 12.6 Å². The van der Waals surface area contributed by atoms with Crippen LogP contribution in [0, 0.1) is 0 Å². The van der Waals surface area contributed by atoms with Crippen molar-refractivity contribution < 1.29 is 14.4 Å². The van der Waals surface area contributed by atoms with E-state index in [1.54, 1.807) is 24.3 Å². The monoisotopic (exact) mass is 532 g/mol. The van der Waals surface area contributed by atoms with Gasteiger partial charge < -0.3 is 20.9 Å². The molecule has 3 aromatic carbocycles. The summed E-state index contributed by atoms with van der Waals surface area (Å²) >= 11 is 6.06. The van der Waals surface area contributed by atoms with Gasteiger partial charge in [-0.1, -0.05) is 73.1 Å². The van der Waals surface area contributed by atoms with Crippen LogP contribution in [0.4, 0.5) is 16.2 Å². The van der Waals surface area contributed by atoms with Crippen LogP contribution in [0.1, 0.15) is 50.7 Å². The lowest BCUT2D eigenvalue weighted by Gasteiger charge is -2.29. The number of nitrogens with zero attached hydrogens (tertiary/aromatic N) is 1. The van der Waals surface area contributed by atoms with Gasteiger partial charge in [0.05, 0.1) is 0 Å². The normalized spacial score (nSPS) is 17.3. The summed E-state index contributed by atoms with van der Waals surface area (Å²) < 4.78 is 0. The number of rotatable bonds is 7. The number of carbonyl (C=O) groups is 3. The fraction of sp³-hybridized carbons (Fsp3) is 0.300. The van der Waals surface area contributed by atoms with E-state index >= 15 is 0 Å². The molecule has 1 aliphatic rings. The number of hydrogen-bond donors (Lipinski definition) is 3. The van der Waals surface area contributed by atoms with E-state index in [9.17, 15) is 14.4 Å². The van der Waals surface area contributed by atoms with Gasteiger partial charge >= 0.3 is 6.03 Å². The zero-order valence-corrected chi connectivity index (χ0v) is 22.6. The number of nitrogens with one attached hydrogen (secondary N) is 3. The third-order valence-electron chi connectivity index (χ3n) is 6.89. The fourth-order valence-corrected chi connectivity index (χ4v) is 4.81. The Labute approximate surface area is 228 Å². The number of fused-ring (bicyclic) bond motifs is 1. The van der Waals surface area contributed by atoms with Crippen molar-refractivity contribution in [2.75, 3.05) is 16.8 Å². The molecule has 198 valence electrons. The smallest absolute Gasteiger partial charge is 0.319 e. The average Bonchev–Trinajstić information content (AvgIpc) is 2.99. The van der Waals surface area contributed by atoms with Crippen LogP contribution in [0.2, 0.25) is 5.02 Å². The molecule has 1 heterocycles. The number of anilines is 2. The van der Waals surface area contributed by atoms with Gasteiger partial charge in [-0.2, -0.15) is 0 Å². The highest BCUT2D eigenvalue weighted by molar-refractivity contribution is 6.30. The molecule has 4 amide bonds. The van der Waals surface area contributed by atoms with Crippen LogP contribution in [0.5, 0.6) is 0 Å². The summed E-state index contributed by atoms with van der Waals surface area (Å²) in [4.78, 5) is 41.6.